The first-order valence-electron chi connectivity index (χ1n) is 7.13. The Labute approximate surface area is 110 Å². The van der Waals surface area contributed by atoms with E-state index in [1.165, 1.54) is 6.42 Å². The molecule has 3 nitrogen and oxygen atoms in total. The summed E-state index contributed by atoms with van der Waals surface area (Å²) >= 11 is 0. The van der Waals surface area contributed by atoms with E-state index >= 15 is 0 Å². The molecule has 0 aliphatic heterocycles. The first kappa shape index (κ1) is 13.6. The fourth-order valence-electron chi connectivity index (χ4n) is 2.83. The average molecular weight is 250 g/mol. The smallest absolute Gasteiger partial charge is 0.122 e. The van der Waals surface area contributed by atoms with Crippen molar-refractivity contribution in [3.8, 4) is 0 Å². The van der Waals surface area contributed by atoms with Crippen LogP contribution in [0.1, 0.15) is 57.6 Å². The number of nitrogens with two attached hydrogens (primary N) is 1. The molecule has 3 atom stereocenters. The van der Waals surface area contributed by atoms with E-state index in [0.29, 0.717) is 18.5 Å². The Hall–Kier alpha value is -0.800. The van der Waals surface area contributed by atoms with Crippen LogP contribution in [0.15, 0.2) is 16.5 Å². The van der Waals surface area contributed by atoms with Crippen LogP contribution in [-0.4, -0.2) is 24.0 Å². The number of furan rings is 1. The summed E-state index contributed by atoms with van der Waals surface area (Å²) in [6, 6.07) is 4.94. The van der Waals surface area contributed by atoms with Crippen molar-refractivity contribution in [3.05, 3.63) is 23.7 Å². The minimum absolute atomic E-state index is 0.206. The van der Waals surface area contributed by atoms with Crippen LogP contribution < -0.4 is 5.73 Å². The molecule has 1 fully saturated rings. The maximum Gasteiger partial charge on any atom is 0.122 e. The zero-order valence-corrected chi connectivity index (χ0v) is 12.0. The van der Waals surface area contributed by atoms with Crippen LogP contribution >= 0.6 is 0 Å². The molecule has 1 aliphatic rings. The molecule has 2 rings (SSSR count). The predicted molar refractivity (Wildman–Crippen MR) is 74.5 cm³/mol. The van der Waals surface area contributed by atoms with Crippen molar-refractivity contribution in [2.24, 2.45) is 11.7 Å². The minimum Gasteiger partial charge on any atom is -0.464 e. The molecule has 0 radical (unpaired) electrons. The summed E-state index contributed by atoms with van der Waals surface area (Å²) < 4.78 is 6.04. The molecule has 3 unspecified atom stereocenters. The number of hydrogen-bond acceptors (Lipinski definition) is 3. The molecule has 3 heteroatoms. The highest BCUT2D eigenvalue weighted by Crippen LogP contribution is 2.47. The van der Waals surface area contributed by atoms with Gasteiger partial charge >= 0.3 is 0 Å². The molecule has 18 heavy (non-hydrogen) atoms. The first-order chi connectivity index (χ1) is 8.58. The van der Waals surface area contributed by atoms with Gasteiger partial charge < -0.3 is 10.2 Å². The molecule has 0 spiro atoms. The van der Waals surface area contributed by atoms with Crippen LogP contribution in [0.25, 0.3) is 0 Å². The van der Waals surface area contributed by atoms with Gasteiger partial charge in [0.1, 0.15) is 11.5 Å². The maximum absolute atomic E-state index is 6.04. The van der Waals surface area contributed by atoms with Crippen molar-refractivity contribution in [1.29, 1.82) is 0 Å². The first-order valence-corrected chi connectivity index (χ1v) is 7.13. The quantitative estimate of drug-likeness (QED) is 0.843. The zero-order chi connectivity index (χ0) is 13.3. The Bertz CT molecular complexity index is 386. The predicted octanol–water partition coefficient (Wildman–Crippen LogP) is 3.13. The molecule has 0 amide bonds. The van der Waals surface area contributed by atoms with Crippen molar-refractivity contribution < 1.29 is 4.42 Å². The Morgan fingerprint density at radius 2 is 2.11 bits per heavy atom. The lowest BCUT2D eigenvalue weighted by atomic mass is 10.1. The van der Waals surface area contributed by atoms with Crippen molar-refractivity contribution >= 4 is 0 Å². The highest BCUT2D eigenvalue weighted by atomic mass is 16.3. The van der Waals surface area contributed by atoms with Gasteiger partial charge in [0.25, 0.3) is 0 Å². The summed E-state index contributed by atoms with van der Waals surface area (Å²) in [5.74, 6) is 3.61. The molecule has 0 saturated heterocycles. The van der Waals surface area contributed by atoms with E-state index in [1.54, 1.807) is 0 Å². The lowest BCUT2D eigenvalue weighted by Gasteiger charge is -2.31. The van der Waals surface area contributed by atoms with Gasteiger partial charge in [-0.15, -0.1) is 0 Å². The summed E-state index contributed by atoms with van der Waals surface area (Å²) in [5.41, 5.74) is 5.95. The molecule has 1 aromatic heterocycles. The number of rotatable bonds is 6. The molecule has 1 aromatic rings. The monoisotopic (exact) mass is 250 g/mol. The van der Waals surface area contributed by atoms with Gasteiger partial charge in [0, 0.05) is 18.5 Å². The molecule has 0 bridgehead atoms. The molecule has 2 N–H and O–H groups in total. The van der Waals surface area contributed by atoms with E-state index in [0.717, 1.165) is 24.0 Å². The van der Waals surface area contributed by atoms with E-state index in [9.17, 15) is 0 Å². The average Bonchev–Trinajstić information content (AvgIpc) is 2.89. The fraction of sp³-hybridized carbons (Fsp3) is 0.733. The Balaban J connectivity index is 2.14. The highest BCUT2D eigenvalue weighted by Gasteiger charge is 2.37. The molecular weight excluding hydrogens is 224 g/mol. The van der Waals surface area contributed by atoms with Gasteiger partial charge in [0.05, 0.1) is 6.04 Å². The Morgan fingerprint density at radius 3 is 2.56 bits per heavy atom. The van der Waals surface area contributed by atoms with Crippen LogP contribution in [0.2, 0.25) is 0 Å². The van der Waals surface area contributed by atoms with E-state index < -0.39 is 0 Å². The third kappa shape index (κ3) is 2.62. The third-order valence-electron chi connectivity index (χ3n) is 4.10. The normalized spacial score (nSPS) is 24.8. The lowest BCUT2D eigenvalue weighted by molar-refractivity contribution is 0.146. The van der Waals surface area contributed by atoms with Crippen molar-refractivity contribution in [2.75, 3.05) is 13.1 Å². The van der Waals surface area contributed by atoms with E-state index in [4.69, 9.17) is 10.2 Å². The minimum atomic E-state index is 0.206. The summed E-state index contributed by atoms with van der Waals surface area (Å²) in [6.45, 7) is 10.5. The van der Waals surface area contributed by atoms with Crippen LogP contribution in [0.3, 0.4) is 0 Å². The van der Waals surface area contributed by atoms with Gasteiger partial charge in [-0.05, 0) is 44.9 Å². The number of nitrogens with zero attached hydrogens (tertiary/aromatic N) is 1. The van der Waals surface area contributed by atoms with Gasteiger partial charge in [-0.2, -0.15) is 0 Å². The van der Waals surface area contributed by atoms with Gasteiger partial charge in [0.15, 0.2) is 0 Å². The standard InChI is InChI=1S/C15H26N2O/c1-5-17(10(2)3)13(9-16)15-7-6-14(18-15)12-8-11(12)4/h6-7,10-13H,5,8-9,16H2,1-4H3. The Kier molecular flexibility index (Phi) is 4.13. The molecule has 102 valence electrons. The van der Waals surface area contributed by atoms with E-state index in [-0.39, 0.29) is 6.04 Å². The van der Waals surface area contributed by atoms with Crippen LogP contribution in [0.4, 0.5) is 0 Å². The number of hydrogen-bond donors (Lipinski definition) is 1. The largest absolute Gasteiger partial charge is 0.464 e. The van der Waals surface area contributed by atoms with Crippen LogP contribution in [-0.2, 0) is 0 Å². The maximum atomic E-state index is 6.04. The lowest BCUT2D eigenvalue weighted by Crippen LogP contribution is -2.38. The van der Waals surface area contributed by atoms with Crippen molar-refractivity contribution in [3.63, 3.8) is 0 Å². The Morgan fingerprint density at radius 1 is 1.44 bits per heavy atom. The summed E-state index contributed by atoms with van der Waals surface area (Å²) in [4.78, 5) is 2.39. The SMILES string of the molecule is CCN(C(C)C)C(CN)c1ccc(C2CC2C)o1. The molecule has 1 heterocycles. The molecule has 1 saturated carbocycles. The van der Waals surface area contributed by atoms with Crippen LogP contribution in [0, 0.1) is 5.92 Å². The second-order valence-corrected chi connectivity index (χ2v) is 5.74. The second kappa shape index (κ2) is 5.45. The van der Waals surface area contributed by atoms with Gasteiger partial charge in [-0.25, -0.2) is 0 Å². The van der Waals surface area contributed by atoms with E-state index in [1.807, 2.05) is 0 Å². The van der Waals surface area contributed by atoms with Gasteiger partial charge in [-0.3, -0.25) is 4.90 Å². The topological polar surface area (TPSA) is 42.4 Å². The molecular formula is C15H26N2O. The van der Waals surface area contributed by atoms with Crippen molar-refractivity contribution in [1.82, 2.24) is 4.90 Å². The molecule has 1 aliphatic carbocycles. The summed E-state index contributed by atoms with van der Waals surface area (Å²) in [7, 11) is 0. The van der Waals surface area contributed by atoms with E-state index in [2.05, 4.69) is 44.7 Å². The van der Waals surface area contributed by atoms with Gasteiger partial charge in [0.2, 0.25) is 0 Å². The highest BCUT2D eigenvalue weighted by molar-refractivity contribution is 5.19. The number of likely N-dealkylation sites (N-methyl/N-ethyl adjacent to an activating group) is 1. The second-order valence-electron chi connectivity index (χ2n) is 5.74. The fourth-order valence-corrected chi connectivity index (χ4v) is 2.83. The summed E-state index contributed by atoms with van der Waals surface area (Å²) in [5, 5.41) is 0. The third-order valence-corrected chi connectivity index (χ3v) is 4.10. The summed E-state index contributed by atoms with van der Waals surface area (Å²) in [6.07, 6.45) is 1.27. The van der Waals surface area contributed by atoms with Crippen molar-refractivity contribution in [2.45, 2.75) is 52.1 Å². The molecule has 0 aromatic carbocycles. The van der Waals surface area contributed by atoms with Crippen LogP contribution in [0.5, 0.6) is 0 Å². The van der Waals surface area contributed by atoms with Gasteiger partial charge in [-0.1, -0.05) is 13.8 Å². The zero-order valence-electron chi connectivity index (χ0n) is 12.0.